The van der Waals surface area contributed by atoms with Gasteiger partial charge < -0.3 is 0 Å². The molecule has 0 spiro atoms. The highest BCUT2D eigenvalue weighted by atomic mass is 32.2. The monoisotopic (exact) mass is 1130 g/mol. The molecule has 18 rings (SSSR count). The number of rotatable bonds is 8. The van der Waals surface area contributed by atoms with Gasteiger partial charge in [0.25, 0.3) is 0 Å². The fraction of sp³-hybridized carbons (Fsp3) is 0.803. The molecule has 16 aliphatic rings. The van der Waals surface area contributed by atoms with E-state index in [1.54, 1.807) is 44.1 Å². The number of fused-ring (bicyclic) bond motifs is 11. The molecule has 16 aliphatic carbocycles. The van der Waals surface area contributed by atoms with E-state index in [0.29, 0.717) is 37.3 Å². The minimum absolute atomic E-state index is 0.166. The van der Waals surface area contributed by atoms with Crippen LogP contribution in [0.2, 0.25) is 0 Å². The third kappa shape index (κ3) is 9.75. The number of hydrogen-bond acceptors (Lipinski definition) is 4. The van der Waals surface area contributed by atoms with E-state index < -0.39 is 9.84 Å². The second-order valence-corrected chi connectivity index (χ2v) is 37.6. The molecule has 0 unspecified atom stereocenters. The molecule has 0 amide bonds. The van der Waals surface area contributed by atoms with E-state index >= 15 is 0 Å². The molecule has 0 radical (unpaired) electrons. The molecular weight excluding hydrogens is 1020 g/mol. The molecule has 8 bridgehead atoms. The van der Waals surface area contributed by atoms with Gasteiger partial charge in [-0.15, -0.1) is 17.9 Å². The zero-order chi connectivity index (χ0) is 56.1. The molecule has 0 aliphatic heterocycles. The first-order valence-corrected chi connectivity index (χ1v) is 37.5. The molecule has 1 aromatic carbocycles. The number of aromatic nitrogens is 1. The quantitative estimate of drug-likeness (QED) is 0.248. The van der Waals surface area contributed by atoms with Gasteiger partial charge in [-0.2, -0.15) is 0 Å². The molecule has 16 atom stereocenters. The van der Waals surface area contributed by atoms with Crippen molar-refractivity contribution >= 4 is 31.4 Å². The van der Waals surface area contributed by atoms with Crippen LogP contribution in [0, 0.1) is 139 Å². The number of para-hydroxylation sites is 1. The number of allylic oxidation sites excluding steroid dienone is 7. The Bertz CT molecular complexity index is 2800. The van der Waals surface area contributed by atoms with Crippen LogP contribution >= 0.6 is 11.3 Å². The van der Waals surface area contributed by atoms with Crippen molar-refractivity contribution in [3.05, 3.63) is 72.4 Å². The summed E-state index contributed by atoms with van der Waals surface area (Å²) in [6, 6.07) is 7.75. The Morgan fingerprint density at radius 1 is 0.605 bits per heavy atom. The van der Waals surface area contributed by atoms with Crippen LogP contribution < -0.4 is 0 Å². The van der Waals surface area contributed by atoms with Crippen LogP contribution in [-0.4, -0.2) is 19.2 Å². The van der Waals surface area contributed by atoms with Crippen molar-refractivity contribution in [3.63, 3.8) is 0 Å². The Hall–Kier alpha value is -1.98. The summed E-state index contributed by atoms with van der Waals surface area (Å²) in [5, 5.41) is 0. The lowest BCUT2D eigenvalue weighted by Crippen LogP contribution is -2.50. The Balaban J connectivity index is 0.000000121. The zero-order valence-electron chi connectivity index (χ0n) is 52.4. The number of sulfone groups is 1. The summed E-state index contributed by atoms with van der Waals surface area (Å²) in [7, 11) is -3.38. The lowest BCUT2D eigenvalue weighted by Gasteiger charge is -2.58. The molecule has 14 fully saturated rings. The van der Waals surface area contributed by atoms with Crippen molar-refractivity contribution in [2.24, 2.45) is 139 Å². The summed E-state index contributed by atoms with van der Waals surface area (Å²) in [5.41, 5.74) is 7.47. The lowest BCUT2D eigenvalue weighted by molar-refractivity contribution is -0.0501. The Morgan fingerprint density at radius 3 is 1.57 bits per heavy atom. The third-order valence-electron chi connectivity index (χ3n) is 29.5. The van der Waals surface area contributed by atoms with Gasteiger partial charge >= 0.3 is 0 Å². The van der Waals surface area contributed by atoms with E-state index in [9.17, 15) is 8.42 Å². The second-order valence-electron chi connectivity index (χ2n) is 34.4. The molecular formula is C76H111NO2S2. The van der Waals surface area contributed by atoms with Crippen LogP contribution in [-0.2, 0) is 9.84 Å². The van der Waals surface area contributed by atoms with Gasteiger partial charge in [-0.3, -0.25) is 0 Å². The van der Waals surface area contributed by atoms with Crippen molar-refractivity contribution in [3.8, 4) is 0 Å². The molecule has 81 heavy (non-hydrogen) atoms. The van der Waals surface area contributed by atoms with E-state index in [1.807, 2.05) is 29.8 Å². The molecule has 1 aromatic heterocycles. The average molecular weight is 1130 g/mol. The van der Waals surface area contributed by atoms with Crippen LogP contribution in [0.15, 0.2) is 76.7 Å². The summed E-state index contributed by atoms with van der Waals surface area (Å²) < 4.78 is 28.1. The third-order valence-corrected chi connectivity index (χ3v) is 33.0. The molecule has 0 saturated heterocycles. The maximum absolute atomic E-state index is 13.4. The normalized spacial score (nSPS) is 49.3. The Kier molecular flexibility index (Phi) is 14.6. The smallest absolute Gasteiger partial charge is 0.210 e. The van der Waals surface area contributed by atoms with Crippen LogP contribution in [0.25, 0.3) is 10.2 Å². The largest absolute Gasteiger partial charge is 0.225 e. The standard InChI is InChI=1S/C34H52.C30H41NO2S2.C12H18/c1-22-9-12-32(3)27(15-22)5-6-28-30-8-7-29(33(30,4)13-11-31(28)32)23(2)10-14-34-19-24-16-25(20-34)18-26(17-24)21-34;1-19-13-15-29(3)21(17-19)9-10-22-24-12-11-23(30(24,4)16-14-25(22)29)20(2)18-35(32,33)28-31-26-7-5-6-8-27(26)34-28;1-2-12-6-9-3-10(7-12)5-11(4-9)8-12/h5,10,14,22-26,28-31H,6-9,11-13,15-21H2,1-4H3;5-9,19-20,22-25H,10-18H2,1-4H3;2,9-11H,1,3-8H2/b14-10+;;/t22-,23+,24?,25?,26?,28-,29+,30-,31-,32-,33+,34?;19-,20+,22-,23+,24-,25-,29-,30+;/m00./s1. The van der Waals surface area contributed by atoms with Crippen molar-refractivity contribution in [1.82, 2.24) is 4.98 Å². The minimum atomic E-state index is -3.38. The van der Waals surface area contributed by atoms with Gasteiger partial charge in [-0.1, -0.05) is 109 Å². The van der Waals surface area contributed by atoms with E-state index in [1.165, 1.54) is 153 Å². The molecule has 5 heteroatoms. The second kappa shape index (κ2) is 20.8. The molecule has 3 nitrogen and oxygen atoms in total. The van der Waals surface area contributed by atoms with Crippen LogP contribution in [0.1, 0.15) is 235 Å². The van der Waals surface area contributed by atoms with Crippen LogP contribution in [0.3, 0.4) is 0 Å². The van der Waals surface area contributed by atoms with E-state index in [0.717, 1.165) is 105 Å². The SMILES string of the molecule is C=CC12CC3CC(CC(C3)C1)C2.C[C@H]1CC[C@@]2(C)C(=CC[C@H]3[C@@H]4CC[C@H]([C@H](C)/C=C/C56CC7CC(CC(C7)C5)C6)[C@@]4(C)CC[C@@H]32)C1.C[C@H]1CC[C@@]2(C)C(=CC[C@H]3[C@@H]4CC[C@H]([C@H](C)CS(=O)(=O)c5nc6ccccc6s5)[C@@]4(C)CC[C@@H]32)C1. The van der Waals surface area contributed by atoms with Gasteiger partial charge in [0, 0.05) is 0 Å². The summed E-state index contributed by atoms with van der Waals surface area (Å²) in [4.78, 5) is 4.49. The van der Waals surface area contributed by atoms with Crippen molar-refractivity contribution in [2.75, 3.05) is 5.75 Å². The summed E-state index contributed by atoms with van der Waals surface area (Å²) in [6.45, 7) is 24.3. The van der Waals surface area contributed by atoms with Gasteiger partial charge in [-0.25, -0.2) is 13.4 Å². The summed E-state index contributed by atoms with van der Waals surface area (Å²) >= 11 is 1.33. The van der Waals surface area contributed by atoms with Gasteiger partial charge in [0.2, 0.25) is 14.2 Å². The minimum Gasteiger partial charge on any atom is -0.225 e. The maximum atomic E-state index is 13.4. The van der Waals surface area contributed by atoms with Gasteiger partial charge in [0.15, 0.2) is 0 Å². The first-order valence-electron chi connectivity index (χ1n) is 35.0. The van der Waals surface area contributed by atoms with Crippen LogP contribution in [0.4, 0.5) is 0 Å². The van der Waals surface area contributed by atoms with E-state index in [2.05, 4.69) is 97.3 Å². The first kappa shape index (κ1) is 56.8. The van der Waals surface area contributed by atoms with Crippen LogP contribution in [0.5, 0.6) is 0 Å². The van der Waals surface area contributed by atoms with Gasteiger partial charge in [0.1, 0.15) is 0 Å². The lowest BCUT2D eigenvalue weighted by atomic mass is 9.46. The average Bonchev–Trinajstić information content (AvgIpc) is 4.01. The van der Waals surface area contributed by atoms with Crippen molar-refractivity contribution in [2.45, 2.75) is 240 Å². The van der Waals surface area contributed by atoms with E-state index in [4.69, 9.17) is 0 Å². The number of thiazole rings is 1. The highest BCUT2D eigenvalue weighted by molar-refractivity contribution is 7.93. The molecule has 1 heterocycles. The van der Waals surface area contributed by atoms with Crippen molar-refractivity contribution < 1.29 is 8.42 Å². The van der Waals surface area contributed by atoms with Gasteiger partial charge in [0.05, 0.1) is 16.0 Å². The Labute approximate surface area is 498 Å². The summed E-state index contributed by atoms with van der Waals surface area (Å²) in [6.07, 6.45) is 53.9. The zero-order valence-corrected chi connectivity index (χ0v) is 54.0. The van der Waals surface area contributed by atoms with Crippen molar-refractivity contribution in [1.29, 1.82) is 0 Å². The number of nitrogens with zero attached hydrogens (tertiary/aromatic N) is 1. The first-order chi connectivity index (χ1) is 38.7. The fourth-order valence-corrected chi connectivity index (χ4v) is 29.4. The fourth-order valence-electron chi connectivity index (χ4n) is 26.4. The number of hydrogen-bond donors (Lipinski definition) is 0. The van der Waals surface area contributed by atoms with E-state index in [-0.39, 0.29) is 17.1 Å². The predicted molar refractivity (Wildman–Crippen MR) is 339 cm³/mol. The molecule has 14 saturated carbocycles. The van der Waals surface area contributed by atoms with Gasteiger partial charge in [-0.05, 0) is 331 Å². The summed E-state index contributed by atoms with van der Waals surface area (Å²) in [5.74, 6) is 16.1. The predicted octanol–water partition coefficient (Wildman–Crippen LogP) is 20.9. The Morgan fingerprint density at radius 2 is 1.07 bits per heavy atom. The molecule has 2 aromatic rings. The molecule has 0 N–H and O–H groups in total. The number of benzene rings is 1. The highest BCUT2D eigenvalue weighted by Crippen LogP contribution is 2.70. The topological polar surface area (TPSA) is 47.0 Å². The highest BCUT2D eigenvalue weighted by Gasteiger charge is 2.61. The maximum Gasteiger partial charge on any atom is 0.210 e. The molecule has 444 valence electrons.